The average Bonchev–Trinajstić information content (AvgIpc) is 3.32. The lowest BCUT2D eigenvalue weighted by Gasteiger charge is -2.18. The molecule has 0 bridgehead atoms. The van der Waals surface area contributed by atoms with Gasteiger partial charge in [-0.05, 0) is 77.0 Å². The van der Waals surface area contributed by atoms with E-state index in [1.54, 1.807) is 0 Å². The van der Waals surface area contributed by atoms with Crippen LogP contribution in [0.25, 0.3) is 0 Å². The molecular weight excluding hydrogens is 813 g/mol. The van der Waals surface area contributed by atoms with Crippen molar-refractivity contribution in [2.75, 3.05) is 19.8 Å². The summed E-state index contributed by atoms with van der Waals surface area (Å²) in [5.74, 6) is -0.392. The number of rotatable bonds is 55. The predicted octanol–water partition coefficient (Wildman–Crippen LogP) is 20.1. The van der Waals surface area contributed by atoms with Gasteiger partial charge in [0.2, 0.25) is 0 Å². The Balaban J connectivity index is 4.25. The Morgan fingerprint density at radius 3 is 1.05 bits per heavy atom. The normalized spacial score (nSPS) is 12.3. The van der Waals surface area contributed by atoms with Crippen molar-refractivity contribution >= 4 is 11.9 Å². The van der Waals surface area contributed by atoms with Crippen LogP contribution in [0.4, 0.5) is 0 Å². The molecule has 0 aromatic carbocycles. The molecule has 5 heteroatoms. The second kappa shape index (κ2) is 57.4. The molecule has 0 aliphatic heterocycles. The van der Waals surface area contributed by atoms with Crippen molar-refractivity contribution < 1.29 is 23.8 Å². The Morgan fingerprint density at radius 1 is 0.333 bits per heavy atom. The molecular formula is C61H114O5. The van der Waals surface area contributed by atoms with Gasteiger partial charge in [0.1, 0.15) is 6.61 Å². The molecule has 0 saturated heterocycles. The molecule has 0 heterocycles. The van der Waals surface area contributed by atoms with Gasteiger partial charge in [0.05, 0.1) is 6.61 Å². The molecule has 66 heavy (non-hydrogen) atoms. The standard InChI is InChI=1S/C61H114O5/c1-4-7-10-13-16-19-22-25-28-31-33-36-39-42-45-48-51-54-60(62)65-58-59(57-64-56-53-50-47-44-41-38-35-30-27-24-21-18-15-12-9-6-3)66-61(63)55-52-49-46-43-40-37-34-32-29-26-23-20-17-14-11-8-5-2/h16,19,25-26,28-29,59H,4-15,17-18,20-24,27,30-58H2,1-3H3/b19-16-,28-25-,29-26-/t59-/m1/s1. The summed E-state index contributed by atoms with van der Waals surface area (Å²) in [6.07, 6.45) is 70.2. The molecule has 388 valence electrons. The minimum absolute atomic E-state index is 0.0848. The molecule has 0 radical (unpaired) electrons. The summed E-state index contributed by atoms with van der Waals surface area (Å²) in [7, 11) is 0. The van der Waals surface area contributed by atoms with Crippen molar-refractivity contribution in [2.45, 2.75) is 322 Å². The van der Waals surface area contributed by atoms with Gasteiger partial charge >= 0.3 is 11.9 Å². The van der Waals surface area contributed by atoms with Gasteiger partial charge in [-0.1, -0.05) is 263 Å². The maximum absolute atomic E-state index is 12.9. The molecule has 0 aliphatic carbocycles. The lowest BCUT2D eigenvalue weighted by atomic mass is 10.0. The highest BCUT2D eigenvalue weighted by molar-refractivity contribution is 5.70. The fourth-order valence-corrected chi connectivity index (χ4v) is 8.71. The molecule has 0 aromatic rings. The van der Waals surface area contributed by atoms with E-state index >= 15 is 0 Å². The molecule has 1 atom stereocenters. The minimum atomic E-state index is -0.538. The quantitative estimate of drug-likeness (QED) is 0.0345. The van der Waals surface area contributed by atoms with Gasteiger partial charge < -0.3 is 14.2 Å². The van der Waals surface area contributed by atoms with Crippen molar-refractivity contribution in [3.05, 3.63) is 36.5 Å². The SMILES string of the molecule is CCCCC/C=C\C/C=C\CCCCCCCCCC(=O)OC[C@@H](COCCCCCCCCCCCCCCCCCC)OC(=O)CCCCCCCCC/C=C\CCCCCCCC. The minimum Gasteiger partial charge on any atom is -0.462 e. The number of hydrogen-bond acceptors (Lipinski definition) is 5. The van der Waals surface area contributed by atoms with Gasteiger partial charge in [0.15, 0.2) is 6.10 Å². The fraction of sp³-hybridized carbons (Fsp3) is 0.869. The summed E-state index contributed by atoms with van der Waals surface area (Å²) in [6, 6.07) is 0. The Kier molecular flexibility index (Phi) is 55.8. The van der Waals surface area contributed by atoms with Crippen molar-refractivity contribution in [1.29, 1.82) is 0 Å². The lowest BCUT2D eigenvalue weighted by molar-refractivity contribution is -0.163. The second-order valence-corrected chi connectivity index (χ2v) is 19.9. The third kappa shape index (κ3) is 54.7. The molecule has 5 nitrogen and oxygen atoms in total. The van der Waals surface area contributed by atoms with Crippen molar-refractivity contribution in [3.8, 4) is 0 Å². The van der Waals surface area contributed by atoms with Gasteiger partial charge in [-0.15, -0.1) is 0 Å². The van der Waals surface area contributed by atoms with Crippen molar-refractivity contribution in [2.24, 2.45) is 0 Å². The van der Waals surface area contributed by atoms with Crippen LogP contribution in [0.3, 0.4) is 0 Å². The highest BCUT2D eigenvalue weighted by Crippen LogP contribution is 2.16. The fourth-order valence-electron chi connectivity index (χ4n) is 8.71. The maximum Gasteiger partial charge on any atom is 0.306 e. The van der Waals surface area contributed by atoms with Crippen LogP contribution in [-0.4, -0.2) is 37.9 Å². The van der Waals surface area contributed by atoms with Crippen LogP contribution in [0, 0.1) is 0 Å². The smallest absolute Gasteiger partial charge is 0.306 e. The molecule has 0 fully saturated rings. The molecule has 0 spiro atoms. The number of ether oxygens (including phenoxy) is 3. The van der Waals surface area contributed by atoms with Gasteiger partial charge in [-0.2, -0.15) is 0 Å². The summed E-state index contributed by atoms with van der Waals surface area (Å²) >= 11 is 0. The molecule has 0 aliphatic rings. The summed E-state index contributed by atoms with van der Waals surface area (Å²) < 4.78 is 17.5. The zero-order valence-corrected chi connectivity index (χ0v) is 44.7. The first-order valence-electron chi connectivity index (χ1n) is 29.5. The van der Waals surface area contributed by atoms with E-state index in [9.17, 15) is 9.59 Å². The van der Waals surface area contributed by atoms with E-state index in [1.807, 2.05) is 0 Å². The molecule has 0 unspecified atom stereocenters. The Morgan fingerprint density at radius 2 is 0.636 bits per heavy atom. The topological polar surface area (TPSA) is 61.8 Å². The Bertz CT molecular complexity index is 1050. The Hall–Kier alpha value is -1.88. The second-order valence-electron chi connectivity index (χ2n) is 19.9. The van der Waals surface area contributed by atoms with Crippen LogP contribution in [0.2, 0.25) is 0 Å². The van der Waals surface area contributed by atoms with Crippen molar-refractivity contribution in [1.82, 2.24) is 0 Å². The molecule has 0 rings (SSSR count). The van der Waals surface area contributed by atoms with Crippen LogP contribution >= 0.6 is 0 Å². The van der Waals surface area contributed by atoms with E-state index in [0.717, 1.165) is 44.9 Å². The summed E-state index contributed by atoms with van der Waals surface area (Å²) in [4.78, 5) is 25.5. The van der Waals surface area contributed by atoms with Gasteiger partial charge in [-0.3, -0.25) is 9.59 Å². The van der Waals surface area contributed by atoms with E-state index in [2.05, 4.69) is 57.2 Å². The van der Waals surface area contributed by atoms with E-state index in [4.69, 9.17) is 14.2 Å². The molecule has 0 N–H and O–H groups in total. The van der Waals surface area contributed by atoms with Crippen molar-refractivity contribution in [3.63, 3.8) is 0 Å². The number of carbonyl (C=O) groups is 2. The lowest BCUT2D eigenvalue weighted by Crippen LogP contribution is -2.30. The van der Waals surface area contributed by atoms with Gasteiger partial charge in [-0.25, -0.2) is 0 Å². The van der Waals surface area contributed by atoms with E-state index < -0.39 is 6.10 Å². The van der Waals surface area contributed by atoms with Crippen LogP contribution in [0.1, 0.15) is 316 Å². The summed E-state index contributed by atoms with van der Waals surface area (Å²) in [6.45, 7) is 7.85. The highest BCUT2D eigenvalue weighted by Gasteiger charge is 2.17. The summed E-state index contributed by atoms with van der Waals surface area (Å²) in [5.41, 5.74) is 0. The Labute approximate surface area is 412 Å². The van der Waals surface area contributed by atoms with Crippen LogP contribution in [0.15, 0.2) is 36.5 Å². The van der Waals surface area contributed by atoms with Crippen LogP contribution < -0.4 is 0 Å². The number of unbranched alkanes of at least 4 members (excludes halogenated alkanes) is 38. The first kappa shape index (κ1) is 64.1. The first-order valence-corrected chi connectivity index (χ1v) is 29.5. The zero-order chi connectivity index (χ0) is 47.7. The van der Waals surface area contributed by atoms with E-state index in [-0.39, 0.29) is 25.2 Å². The molecule has 0 amide bonds. The third-order valence-electron chi connectivity index (χ3n) is 13.1. The first-order chi connectivity index (χ1) is 32.6. The van der Waals surface area contributed by atoms with E-state index in [1.165, 1.54) is 238 Å². The number of carbonyl (C=O) groups excluding carboxylic acids is 2. The maximum atomic E-state index is 12.9. The highest BCUT2D eigenvalue weighted by atomic mass is 16.6. The number of allylic oxidation sites excluding steroid dienone is 6. The third-order valence-corrected chi connectivity index (χ3v) is 13.1. The van der Waals surface area contributed by atoms with Crippen LogP contribution in [-0.2, 0) is 23.8 Å². The molecule has 0 aromatic heterocycles. The van der Waals surface area contributed by atoms with Gasteiger partial charge in [0.25, 0.3) is 0 Å². The van der Waals surface area contributed by atoms with Crippen LogP contribution in [0.5, 0.6) is 0 Å². The largest absolute Gasteiger partial charge is 0.462 e. The summed E-state index contributed by atoms with van der Waals surface area (Å²) in [5, 5.41) is 0. The monoisotopic (exact) mass is 927 g/mol. The average molecular weight is 928 g/mol. The van der Waals surface area contributed by atoms with E-state index in [0.29, 0.717) is 19.4 Å². The molecule has 0 saturated carbocycles. The number of esters is 2. The number of hydrogen-bond donors (Lipinski definition) is 0. The van der Waals surface area contributed by atoms with Gasteiger partial charge in [0, 0.05) is 19.4 Å². The zero-order valence-electron chi connectivity index (χ0n) is 44.7. The predicted molar refractivity (Wildman–Crippen MR) is 288 cm³/mol.